The van der Waals surface area contributed by atoms with Gasteiger partial charge in [0, 0.05) is 5.38 Å². The van der Waals surface area contributed by atoms with Gasteiger partial charge in [0.2, 0.25) is 18.0 Å². The van der Waals surface area contributed by atoms with E-state index in [9.17, 15) is 20.1 Å². The molecule has 0 spiro atoms. The maximum absolute atomic E-state index is 12.7. The van der Waals surface area contributed by atoms with Crippen molar-refractivity contribution in [2.45, 2.75) is 80.5 Å². The van der Waals surface area contributed by atoms with Gasteiger partial charge in [0.1, 0.15) is 18.3 Å². The summed E-state index contributed by atoms with van der Waals surface area (Å²) in [6.45, 7) is 1.79. The molecule has 12 nitrogen and oxygen atoms in total. The number of likely N-dealkylation sites (N-methyl/N-ethyl adjacent to an activating group) is 2. The summed E-state index contributed by atoms with van der Waals surface area (Å²) in [5, 5.41) is 43.8. The van der Waals surface area contributed by atoms with Crippen LogP contribution in [0.1, 0.15) is 19.0 Å². The molecule has 2 aliphatic heterocycles. The lowest BCUT2D eigenvalue weighted by molar-refractivity contribution is -0.449. The van der Waals surface area contributed by atoms with E-state index in [-0.39, 0.29) is 24.9 Å². The molecule has 0 radical (unpaired) electrons. The van der Waals surface area contributed by atoms with Crippen molar-refractivity contribution in [3.63, 3.8) is 0 Å². The highest BCUT2D eigenvalue weighted by atomic mass is 32.1. The van der Waals surface area contributed by atoms with Gasteiger partial charge in [-0.1, -0.05) is 0 Å². The Kier molecular flexibility index (Phi) is 6.73. The second kappa shape index (κ2) is 9.08. The minimum Gasteiger partial charge on any atom is -0.390 e. The SMILES string of the molecule is CNC1C2OC3(O)C(OC2[C@@H](O)[C@H](NC)C1O)O[C@H](C)C[C@H]3NC(=O)Cc1csc(N)n1. The van der Waals surface area contributed by atoms with Crippen molar-refractivity contribution in [1.29, 1.82) is 0 Å². The highest BCUT2D eigenvalue weighted by Crippen LogP contribution is 2.42. The fourth-order valence-electron chi connectivity index (χ4n) is 4.83. The number of thiazole rings is 1. The van der Waals surface area contributed by atoms with Gasteiger partial charge in [0.15, 0.2) is 5.13 Å². The lowest BCUT2D eigenvalue weighted by atomic mass is 9.79. The van der Waals surface area contributed by atoms with E-state index in [0.717, 1.165) is 0 Å². The van der Waals surface area contributed by atoms with Crippen LogP contribution in [0.15, 0.2) is 5.38 Å². The zero-order valence-electron chi connectivity index (χ0n) is 18.1. The zero-order chi connectivity index (χ0) is 23.2. The number of fused-ring (bicyclic) bond motifs is 2. The maximum Gasteiger partial charge on any atom is 0.239 e. The van der Waals surface area contributed by atoms with Crippen LogP contribution in [0.5, 0.6) is 0 Å². The van der Waals surface area contributed by atoms with Crippen LogP contribution in [0.3, 0.4) is 0 Å². The smallest absolute Gasteiger partial charge is 0.239 e. The van der Waals surface area contributed by atoms with E-state index < -0.39 is 54.6 Å². The van der Waals surface area contributed by atoms with Gasteiger partial charge in [-0.2, -0.15) is 0 Å². The number of aromatic nitrogens is 1. The lowest BCUT2D eigenvalue weighted by Gasteiger charge is -2.58. The van der Waals surface area contributed by atoms with Gasteiger partial charge < -0.3 is 51.2 Å². The maximum atomic E-state index is 12.7. The van der Waals surface area contributed by atoms with Crippen molar-refractivity contribution in [1.82, 2.24) is 20.9 Å². The van der Waals surface area contributed by atoms with Crippen molar-refractivity contribution < 1.29 is 34.3 Å². The average Bonchev–Trinajstić information content (AvgIpc) is 3.13. The van der Waals surface area contributed by atoms with Crippen molar-refractivity contribution in [2.75, 3.05) is 19.8 Å². The zero-order valence-corrected chi connectivity index (χ0v) is 18.9. The van der Waals surface area contributed by atoms with E-state index in [4.69, 9.17) is 19.9 Å². The molecular formula is C19H31N5O7S. The number of nitrogen functional groups attached to an aromatic ring is 1. The van der Waals surface area contributed by atoms with Crippen molar-refractivity contribution in [3.05, 3.63) is 11.1 Å². The normalized spacial score (nSPS) is 43.9. The largest absolute Gasteiger partial charge is 0.390 e. The fourth-order valence-corrected chi connectivity index (χ4v) is 5.39. The molecule has 0 aromatic carbocycles. The Hall–Kier alpha value is -1.42. The summed E-state index contributed by atoms with van der Waals surface area (Å²) in [5.74, 6) is -2.39. The van der Waals surface area contributed by atoms with E-state index in [0.29, 0.717) is 10.8 Å². The second-order valence-electron chi connectivity index (χ2n) is 8.53. The van der Waals surface area contributed by atoms with Crippen LogP contribution in [0.2, 0.25) is 0 Å². The monoisotopic (exact) mass is 473 g/mol. The first-order valence-corrected chi connectivity index (χ1v) is 11.5. The van der Waals surface area contributed by atoms with Gasteiger partial charge >= 0.3 is 0 Å². The third-order valence-corrected chi connectivity index (χ3v) is 7.12. The number of aliphatic hydroxyl groups is 3. The van der Waals surface area contributed by atoms with Crippen LogP contribution in [0.4, 0.5) is 5.13 Å². The minimum atomic E-state index is -2.02. The lowest BCUT2D eigenvalue weighted by Crippen LogP contribution is -2.79. The van der Waals surface area contributed by atoms with Gasteiger partial charge in [-0.25, -0.2) is 4.98 Å². The molecule has 1 aromatic heterocycles. The topological polar surface area (TPSA) is 180 Å². The number of rotatable bonds is 5. The Morgan fingerprint density at radius 3 is 2.59 bits per heavy atom. The van der Waals surface area contributed by atoms with Gasteiger partial charge in [0.25, 0.3) is 0 Å². The first-order valence-electron chi connectivity index (χ1n) is 10.6. The van der Waals surface area contributed by atoms with E-state index >= 15 is 0 Å². The Bertz CT molecular complexity index is 830. The number of nitrogens with zero attached hydrogens (tertiary/aromatic N) is 1. The molecule has 0 bridgehead atoms. The van der Waals surface area contributed by atoms with Crippen LogP contribution >= 0.6 is 11.3 Å². The van der Waals surface area contributed by atoms with Crippen molar-refractivity contribution in [2.24, 2.45) is 0 Å². The van der Waals surface area contributed by atoms with Crippen molar-refractivity contribution in [3.8, 4) is 0 Å². The van der Waals surface area contributed by atoms with E-state index in [2.05, 4.69) is 20.9 Å². The molecular weight excluding hydrogens is 442 g/mol. The Labute approximate surface area is 189 Å². The number of carbonyl (C=O) groups is 1. The standard InChI is InChI=1S/C19H31N5O7S/c1-7-4-9(24-10(25)5-8-6-32-18(20)23-8)19(28)17(29-7)30-16-14(27)11(21-2)13(26)12(22-3)15(16)31-19/h6-7,9,11-17,21-22,26-28H,4-5H2,1-3H3,(H2,20,23)(H,24,25)/t7-,9-,11-,12?,13?,14+,15?,16?,17?,19?/m1/s1. The summed E-state index contributed by atoms with van der Waals surface area (Å²) in [6.07, 6.45) is -5.24. The highest BCUT2D eigenvalue weighted by Gasteiger charge is 2.63. The molecule has 2 saturated heterocycles. The predicted octanol–water partition coefficient (Wildman–Crippen LogP) is -2.73. The van der Waals surface area contributed by atoms with Gasteiger partial charge in [-0.15, -0.1) is 11.3 Å². The molecule has 8 N–H and O–H groups in total. The average molecular weight is 474 g/mol. The number of carbonyl (C=O) groups excluding carboxylic acids is 1. The van der Waals surface area contributed by atoms with Crippen LogP contribution in [-0.4, -0.2) is 101 Å². The summed E-state index contributed by atoms with van der Waals surface area (Å²) in [6, 6.07) is -2.18. The van der Waals surface area contributed by atoms with Crippen LogP contribution < -0.4 is 21.7 Å². The number of nitrogens with two attached hydrogens (primary N) is 1. The van der Waals surface area contributed by atoms with Gasteiger partial charge in [-0.3, -0.25) is 4.79 Å². The quantitative estimate of drug-likeness (QED) is 0.236. The molecule has 1 amide bonds. The number of anilines is 1. The Balaban J connectivity index is 1.56. The number of amides is 1. The molecule has 4 rings (SSSR count). The minimum absolute atomic E-state index is 0.00643. The van der Waals surface area contributed by atoms with Crippen LogP contribution in [0.25, 0.3) is 0 Å². The molecule has 3 aliphatic rings. The molecule has 1 saturated carbocycles. The molecule has 6 unspecified atom stereocenters. The van der Waals surface area contributed by atoms with Gasteiger partial charge in [-0.05, 0) is 27.4 Å². The third kappa shape index (κ3) is 4.13. The second-order valence-corrected chi connectivity index (χ2v) is 9.42. The number of hydrogen-bond acceptors (Lipinski definition) is 12. The summed E-state index contributed by atoms with van der Waals surface area (Å²) in [5.41, 5.74) is 6.16. The summed E-state index contributed by atoms with van der Waals surface area (Å²) < 4.78 is 17.9. The number of hydrogen-bond donors (Lipinski definition) is 7. The van der Waals surface area contributed by atoms with E-state index in [1.165, 1.54) is 11.3 Å². The van der Waals surface area contributed by atoms with Gasteiger partial charge in [0.05, 0.1) is 42.4 Å². The van der Waals surface area contributed by atoms with Crippen LogP contribution in [0, 0.1) is 0 Å². The summed E-state index contributed by atoms with van der Waals surface area (Å²) >= 11 is 1.24. The third-order valence-electron chi connectivity index (χ3n) is 6.40. The summed E-state index contributed by atoms with van der Waals surface area (Å²) in [4.78, 5) is 16.8. The molecule has 180 valence electrons. The Morgan fingerprint density at radius 1 is 1.25 bits per heavy atom. The highest BCUT2D eigenvalue weighted by molar-refractivity contribution is 7.13. The molecule has 13 heteroatoms. The number of ether oxygens (including phenoxy) is 3. The molecule has 3 fully saturated rings. The first-order chi connectivity index (χ1) is 15.2. The van der Waals surface area contributed by atoms with E-state index in [1.807, 2.05) is 0 Å². The number of nitrogens with one attached hydrogen (secondary N) is 3. The molecule has 3 heterocycles. The molecule has 1 aliphatic carbocycles. The first kappa shape index (κ1) is 23.7. The van der Waals surface area contributed by atoms with Crippen molar-refractivity contribution >= 4 is 22.4 Å². The predicted molar refractivity (Wildman–Crippen MR) is 114 cm³/mol. The molecule has 10 atom stereocenters. The molecule has 1 aromatic rings. The summed E-state index contributed by atoms with van der Waals surface area (Å²) in [7, 11) is 3.28. The fraction of sp³-hybridized carbons (Fsp3) is 0.789. The Morgan fingerprint density at radius 2 is 1.97 bits per heavy atom. The van der Waals surface area contributed by atoms with E-state index in [1.54, 1.807) is 26.4 Å². The molecule has 32 heavy (non-hydrogen) atoms. The van der Waals surface area contributed by atoms with Crippen LogP contribution in [-0.2, 0) is 25.4 Å². The number of aliphatic hydroxyl groups excluding tert-OH is 2.